The molecule has 2 saturated heterocycles. The van der Waals surface area contributed by atoms with Gasteiger partial charge in [-0.2, -0.15) is 10.5 Å². The van der Waals surface area contributed by atoms with E-state index in [9.17, 15) is 24.3 Å². The number of fused-ring (bicyclic) bond motifs is 4. The van der Waals surface area contributed by atoms with Gasteiger partial charge < -0.3 is 38.9 Å². The summed E-state index contributed by atoms with van der Waals surface area (Å²) in [5.74, 6) is 1.69. The molecule has 6 aromatic rings. The minimum atomic E-state index is -1.36. The van der Waals surface area contributed by atoms with Gasteiger partial charge in [0.1, 0.15) is 22.8 Å². The van der Waals surface area contributed by atoms with E-state index in [0.717, 1.165) is 65.4 Å². The normalized spacial score (nSPS) is 18.1. The monoisotopic (exact) mass is 1080 g/mol. The van der Waals surface area contributed by atoms with E-state index in [0.29, 0.717) is 57.5 Å². The number of amides is 2. The molecule has 77 heavy (non-hydrogen) atoms. The Bertz CT molecular complexity index is 3270. The molecule has 10 rings (SSSR count). The summed E-state index contributed by atoms with van der Waals surface area (Å²) in [5, 5.41) is 24.9. The number of nitrogens with zero attached hydrogens (tertiary/aromatic N) is 12. The number of benzene rings is 4. The van der Waals surface area contributed by atoms with Crippen molar-refractivity contribution in [1.82, 2.24) is 29.7 Å². The number of hydrogen-bond acceptors (Lipinski definition) is 16. The molecule has 0 spiro atoms. The summed E-state index contributed by atoms with van der Waals surface area (Å²) in [4.78, 5) is 57.6. The third-order valence-electron chi connectivity index (χ3n) is 14.2. The first-order valence-electron chi connectivity index (χ1n) is 26.3. The van der Waals surface area contributed by atoms with Gasteiger partial charge in [0.05, 0.1) is 72.3 Å². The molecule has 4 aliphatic heterocycles. The molecule has 2 fully saturated rings. The lowest BCUT2D eigenvalue weighted by atomic mass is 10.0. The van der Waals surface area contributed by atoms with Crippen molar-refractivity contribution < 1.29 is 23.3 Å². The van der Waals surface area contributed by atoms with Crippen LogP contribution in [0.15, 0.2) is 95.2 Å². The fourth-order valence-corrected chi connectivity index (χ4v) is 11.5. The van der Waals surface area contributed by atoms with Gasteiger partial charge in [-0.05, 0) is 83.5 Å². The van der Waals surface area contributed by atoms with Crippen molar-refractivity contribution in [2.45, 2.75) is 114 Å². The zero-order valence-corrected chi connectivity index (χ0v) is 47.0. The van der Waals surface area contributed by atoms with Crippen LogP contribution in [0.1, 0.15) is 76.9 Å². The highest BCUT2D eigenvalue weighted by molar-refractivity contribution is 7.98. The van der Waals surface area contributed by atoms with Crippen molar-refractivity contribution >= 4 is 79.3 Å². The lowest BCUT2D eigenvalue weighted by Gasteiger charge is -2.42. The van der Waals surface area contributed by atoms with Gasteiger partial charge in [0.15, 0.2) is 5.16 Å². The van der Waals surface area contributed by atoms with E-state index in [4.69, 9.17) is 29.4 Å². The predicted molar refractivity (Wildman–Crippen MR) is 304 cm³/mol. The van der Waals surface area contributed by atoms with Gasteiger partial charge >= 0.3 is 12.2 Å². The lowest BCUT2D eigenvalue weighted by molar-refractivity contribution is 0.0134. The maximum Gasteiger partial charge on any atom is 0.410 e. The van der Waals surface area contributed by atoms with Crippen LogP contribution in [0.4, 0.5) is 32.6 Å². The Morgan fingerprint density at radius 1 is 0.610 bits per heavy atom. The van der Waals surface area contributed by atoms with Gasteiger partial charge in [-0.25, -0.2) is 29.5 Å². The zero-order valence-electron chi connectivity index (χ0n) is 45.4. The van der Waals surface area contributed by atoms with E-state index in [-0.39, 0.29) is 31.0 Å². The van der Waals surface area contributed by atoms with Crippen LogP contribution >= 0.6 is 11.8 Å². The van der Waals surface area contributed by atoms with Gasteiger partial charge in [-0.3, -0.25) is 4.21 Å². The maximum atomic E-state index is 12.9. The van der Waals surface area contributed by atoms with E-state index in [1.807, 2.05) is 53.9 Å². The van der Waals surface area contributed by atoms with Gasteiger partial charge in [-0.1, -0.05) is 84.6 Å². The highest BCUT2D eigenvalue weighted by Gasteiger charge is 2.38. The standard InChI is InChI=1S/C29H34N6O3S.C29H34N6O2S/c1-29(2,3)38-28(36)35-17-16-34(18-21(35)12-14-30)26-23-13-15-33(19-24(23)31-27(32-26)39(4)37)25-11-7-9-20-8-5-6-10-22(20)25;1-29(2,3)37-28(36)35-17-16-34(18-21(35)12-14-30)26-23-13-15-33(19-24(23)31-27(32-26)38-4)25-11-7-9-20-8-5-6-10-22(20)25/h5-11,21H,12-13,15-19H2,1-4H3;5-11,21H,12-13,15-19H2,1-4H3. The van der Waals surface area contributed by atoms with Crippen LogP contribution in [0.3, 0.4) is 0 Å². The molecule has 3 atom stereocenters. The molecule has 3 unspecified atom stereocenters. The minimum Gasteiger partial charge on any atom is -0.444 e. The van der Waals surface area contributed by atoms with Gasteiger partial charge in [0.2, 0.25) is 5.16 Å². The van der Waals surface area contributed by atoms with Crippen molar-refractivity contribution in [3.63, 3.8) is 0 Å². The predicted octanol–water partition coefficient (Wildman–Crippen LogP) is 9.52. The Balaban J connectivity index is 0.000000188. The van der Waals surface area contributed by atoms with Crippen LogP contribution in [-0.4, -0.2) is 134 Å². The van der Waals surface area contributed by atoms with Crippen molar-refractivity contribution in [2.75, 3.05) is 84.5 Å². The number of carbonyl (C=O) groups excluding carboxylic acids is 2. The zero-order chi connectivity index (χ0) is 54.6. The van der Waals surface area contributed by atoms with Crippen molar-refractivity contribution in [3.8, 4) is 12.1 Å². The van der Waals surface area contributed by atoms with Crippen LogP contribution in [-0.2, 0) is 46.2 Å². The number of ether oxygens (including phenoxy) is 2. The quantitative estimate of drug-likeness (QED) is 0.103. The number of piperazine rings is 2. The Hall–Kier alpha value is -7.22. The van der Waals surface area contributed by atoms with Crippen LogP contribution in [0, 0.1) is 22.7 Å². The topological polar surface area (TPSA) is 188 Å². The molecule has 6 heterocycles. The highest BCUT2D eigenvalue weighted by Crippen LogP contribution is 2.37. The van der Waals surface area contributed by atoms with Gasteiger partial charge in [0, 0.05) is 91.9 Å². The fourth-order valence-electron chi connectivity index (χ4n) is 10.7. The highest BCUT2D eigenvalue weighted by atomic mass is 32.2. The van der Waals surface area contributed by atoms with E-state index in [1.165, 1.54) is 44.6 Å². The lowest BCUT2D eigenvalue weighted by Crippen LogP contribution is -2.56. The molecule has 0 N–H and O–H groups in total. The molecule has 2 amide bonds. The second kappa shape index (κ2) is 23.2. The molecule has 0 aliphatic carbocycles. The van der Waals surface area contributed by atoms with E-state index in [2.05, 4.69) is 111 Å². The average molecular weight is 1080 g/mol. The van der Waals surface area contributed by atoms with E-state index in [1.54, 1.807) is 16.1 Å². The van der Waals surface area contributed by atoms with Crippen molar-refractivity contribution in [2.24, 2.45) is 0 Å². The first-order chi connectivity index (χ1) is 36.9. The summed E-state index contributed by atoms with van der Waals surface area (Å²) in [6.07, 6.45) is 4.81. The number of thioether (sulfide) groups is 1. The summed E-state index contributed by atoms with van der Waals surface area (Å²) < 4.78 is 23.8. The third kappa shape index (κ3) is 12.5. The van der Waals surface area contributed by atoms with Crippen LogP contribution in [0.5, 0.6) is 0 Å². The molecule has 0 saturated carbocycles. The van der Waals surface area contributed by atoms with Crippen molar-refractivity contribution in [3.05, 3.63) is 107 Å². The Morgan fingerprint density at radius 2 is 1.05 bits per heavy atom. The smallest absolute Gasteiger partial charge is 0.410 e. The minimum absolute atomic E-state index is 0.185. The largest absolute Gasteiger partial charge is 0.444 e. The first kappa shape index (κ1) is 54.6. The average Bonchev–Trinajstić information content (AvgIpc) is 3.41. The second-order valence-electron chi connectivity index (χ2n) is 21.8. The van der Waals surface area contributed by atoms with Crippen molar-refractivity contribution in [1.29, 1.82) is 10.5 Å². The summed E-state index contributed by atoms with van der Waals surface area (Å²) in [6.45, 7) is 17.1. The maximum absolute atomic E-state index is 12.9. The first-order valence-corrected chi connectivity index (χ1v) is 29.1. The number of carbonyl (C=O) groups is 2. The van der Waals surface area contributed by atoms with E-state index < -0.39 is 28.1 Å². The number of hydrogen-bond donors (Lipinski definition) is 0. The molecular formula is C58H68N12O5S2. The number of nitriles is 2. The Kier molecular flexibility index (Phi) is 16.4. The fraction of sp³-hybridized carbons (Fsp3) is 0.448. The number of rotatable bonds is 8. The number of anilines is 4. The van der Waals surface area contributed by atoms with Gasteiger partial charge in [-0.15, -0.1) is 0 Å². The molecule has 402 valence electrons. The molecule has 17 nitrogen and oxygen atoms in total. The molecule has 19 heteroatoms. The van der Waals surface area contributed by atoms with E-state index >= 15 is 0 Å². The Morgan fingerprint density at radius 3 is 1.49 bits per heavy atom. The van der Waals surface area contributed by atoms with Crippen LogP contribution < -0.4 is 19.6 Å². The molecular weight excluding hydrogens is 1010 g/mol. The molecule has 4 aliphatic rings. The number of aromatic nitrogens is 4. The molecule has 0 bridgehead atoms. The third-order valence-corrected chi connectivity index (χ3v) is 15.4. The summed E-state index contributed by atoms with van der Waals surface area (Å²) in [5.41, 5.74) is 5.30. The summed E-state index contributed by atoms with van der Waals surface area (Å²) in [6, 6.07) is 33.5. The summed E-state index contributed by atoms with van der Waals surface area (Å²) in [7, 11) is -1.36. The molecule has 4 aromatic carbocycles. The molecule has 2 aromatic heterocycles. The SMILES string of the molecule is CS(=O)c1nc2c(c(N3CCN(C(=O)OC(C)(C)C)C(CC#N)C3)n1)CCN(c1cccc3ccccc13)C2.CSc1nc2c(c(N3CCN(C(=O)OC(C)(C)C)C(CC#N)C3)n1)CCN(c1cccc3ccccc13)C2. The molecule has 0 radical (unpaired) electrons. The van der Waals surface area contributed by atoms with Crippen LogP contribution in [0.25, 0.3) is 21.5 Å². The summed E-state index contributed by atoms with van der Waals surface area (Å²) >= 11 is 1.54. The van der Waals surface area contributed by atoms with Crippen LogP contribution in [0.2, 0.25) is 0 Å². The van der Waals surface area contributed by atoms with Gasteiger partial charge in [0.25, 0.3) is 0 Å². The second-order valence-corrected chi connectivity index (χ2v) is 23.8. The Labute approximate surface area is 458 Å².